The summed E-state index contributed by atoms with van der Waals surface area (Å²) >= 11 is 0. The fourth-order valence-electron chi connectivity index (χ4n) is 1.86. The number of carbonyl (C=O) groups excluding carboxylic acids is 1. The summed E-state index contributed by atoms with van der Waals surface area (Å²) in [4.78, 5) is 15.7. The van der Waals surface area contributed by atoms with Crippen LogP contribution in [0.3, 0.4) is 0 Å². The van der Waals surface area contributed by atoms with E-state index in [1.807, 2.05) is 6.92 Å². The lowest BCUT2D eigenvalue weighted by Crippen LogP contribution is -2.34. The van der Waals surface area contributed by atoms with Gasteiger partial charge in [0, 0.05) is 19.3 Å². The number of hydrogen-bond donors (Lipinski definition) is 2. The van der Waals surface area contributed by atoms with Gasteiger partial charge < -0.3 is 10.6 Å². The average Bonchev–Trinajstić information content (AvgIpc) is 2.27. The molecule has 0 fully saturated rings. The normalized spacial score (nSPS) is 12.3. The third-order valence-corrected chi connectivity index (χ3v) is 2.57. The van der Waals surface area contributed by atoms with Gasteiger partial charge in [-0.05, 0) is 25.3 Å². The Bertz CT molecular complexity index is 421. The molecular weight excluding hydrogens is 233 g/mol. The molecule has 1 unspecified atom stereocenters. The van der Waals surface area contributed by atoms with Gasteiger partial charge in [0.05, 0.1) is 5.56 Å². The van der Waals surface area contributed by atoms with Crippen LogP contribution in [0.25, 0.3) is 0 Å². The fourth-order valence-corrected chi connectivity index (χ4v) is 1.86. The standard InChI is InChI=1S/C13H20FN3O/c1-8(2)7-9(3)17-13(18)10-5-6-16-12(15-4)11(10)14/h5-6,8-9H,7H2,1-4H3,(H,15,16)(H,17,18). The predicted octanol–water partition coefficient (Wildman–Crippen LogP) is 2.43. The highest BCUT2D eigenvalue weighted by Gasteiger charge is 2.17. The van der Waals surface area contributed by atoms with Crippen molar-refractivity contribution in [3.63, 3.8) is 0 Å². The van der Waals surface area contributed by atoms with Crippen LogP contribution < -0.4 is 10.6 Å². The number of amides is 1. The molecule has 100 valence electrons. The van der Waals surface area contributed by atoms with Gasteiger partial charge in [0.1, 0.15) is 0 Å². The molecule has 0 spiro atoms. The average molecular weight is 253 g/mol. The number of halogens is 1. The molecule has 1 aromatic rings. The molecule has 2 N–H and O–H groups in total. The molecule has 0 aliphatic rings. The summed E-state index contributed by atoms with van der Waals surface area (Å²) in [6, 6.07) is 1.40. The monoisotopic (exact) mass is 253 g/mol. The first-order valence-electron chi connectivity index (χ1n) is 6.08. The van der Waals surface area contributed by atoms with Gasteiger partial charge in [-0.15, -0.1) is 0 Å². The summed E-state index contributed by atoms with van der Waals surface area (Å²) in [6.45, 7) is 6.07. The molecule has 1 aromatic heterocycles. The van der Waals surface area contributed by atoms with E-state index in [0.717, 1.165) is 6.42 Å². The Balaban J connectivity index is 2.78. The van der Waals surface area contributed by atoms with E-state index in [-0.39, 0.29) is 17.4 Å². The Morgan fingerprint density at radius 3 is 2.67 bits per heavy atom. The first-order chi connectivity index (χ1) is 8.45. The minimum atomic E-state index is -0.616. The number of carbonyl (C=O) groups is 1. The van der Waals surface area contributed by atoms with Gasteiger partial charge in [0.15, 0.2) is 11.6 Å². The fraction of sp³-hybridized carbons (Fsp3) is 0.538. The molecule has 1 amide bonds. The topological polar surface area (TPSA) is 54.0 Å². The number of hydrogen-bond acceptors (Lipinski definition) is 3. The van der Waals surface area contributed by atoms with Crippen molar-refractivity contribution in [1.82, 2.24) is 10.3 Å². The molecule has 0 aliphatic carbocycles. The van der Waals surface area contributed by atoms with Crippen molar-refractivity contribution in [2.24, 2.45) is 5.92 Å². The Morgan fingerprint density at radius 1 is 1.44 bits per heavy atom. The number of nitrogens with zero attached hydrogens (tertiary/aromatic N) is 1. The van der Waals surface area contributed by atoms with Crippen LogP contribution in [-0.2, 0) is 0 Å². The second-order valence-corrected chi connectivity index (χ2v) is 4.78. The van der Waals surface area contributed by atoms with Gasteiger partial charge in [-0.2, -0.15) is 0 Å². The molecule has 1 atom stereocenters. The molecule has 5 heteroatoms. The van der Waals surface area contributed by atoms with Crippen molar-refractivity contribution in [3.05, 3.63) is 23.6 Å². The molecule has 0 radical (unpaired) electrons. The SMILES string of the molecule is CNc1nccc(C(=O)NC(C)CC(C)C)c1F. The third kappa shape index (κ3) is 3.68. The predicted molar refractivity (Wildman–Crippen MR) is 70.1 cm³/mol. The largest absolute Gasteiger partial charge is 0.371 e. The first kappa shape index (κ1) is 14.4. The van der Waals surface area contributed by atoms with Gasteiger partial charge in [0.25, 0.3) is 5.91 Å². The van der Waals surface area contributed by atoms with Gasteiger partial charge in [0.2, 0.25) is 0 Å². The van der Waals surface area contributed by atoms with Crippen molar-refractivity contribution >= 4 is 11.7 Å². The van der Waals surface area contributed by atoms with Gasteiger partial charge >= 0.3 is 0 Å². The number of nitrogens with one attached hydrogen (secondary N) is 2. The van der Waals surface area contributed by atoms with E-state index in [0.29, 0.717) is 5.92 Å². The summed E-state index contributed by atoms with van der Waals surface area (Å²) in [5.41, 5.74) is 0.0185. The van der Waals surface area contributed by atoms with Crippen molar-refractivity contribution in [1.29, 1.82) is 0 Å². The first-order valence-corrected chi connectivity index (χ1v) is 6.08. The van der Waals surface area contributed by atoms with Crippen LogP contribution in [0.4, 0.5) is 10.2 Å². The van der Waals surface area contributed by atoms with Crippen LogP contribution in [0.5, 0.6) is 0 Å². The Kier molecular flexibility index (Phi) is 5.07. The summed E-state index contributed by atoms with van der Waals surface area (Å²) in [5, 5.41) is 5.40. The zero-order valence-corrected chi connectivity index (χ0v) is 11.2. The quantitative estimate of drug-likeness (QED) is 0.847. The van der Waals surface area contributed by atoms with E-state index < -0.39 is 11.7 Å². The van der Waals surface area contributed by atoms with E-state index in [2.05, 4.69) is 29.5 Å². The molecule has 0 aliphatic heterocycles. The smallest absolute Gasteiger partial charge is 0.254 e. The van der Waals surface area contributed by atoms with E-state index in [1.165, 1.54) is 12.3 Å². The van der Waals surface area contributed by atoms with Gasteiger partial charge in [-0.1, -0.05) is 13.8 Å². The highest BCUT2D eigenvalue weighted by molar-refractivity contribution is 5.95. The van der Waals surface area contributed by atoms with Crippen LogP contribution in [0.2, 0.25) is 0 Å². The van der Waals surface area contributed by atoms with Crippen LogP contribution in [0.15, 0.2) is 12.3 Å². The van der Waals surface area contributed by atoms with Gasteiger partial charge in [-0.25, -0.2) is 9.37 Å². The van der Waals surface area contributed by atoms with Crippen LogP contribution in [0, 0.1) is 11.7 Å². The number of anilines is 1. The highest BCUT2D eigenvalue weighted by Crippen LogP contribution is 2.15. The molecule has 0 bridgehead atoms. The maximum Gasteiger partial charge on any atom is 0.254 e. The Hall–Kier alpha value is -1.65. The molecule has 0 aromatic carbocycles. The summed E-state index contributed by atoms with van der Waals surface area (Å²) in [7, 11) is 1.56. The number of rotatable bonds is 5. The molecule has 0 saturated carbocycles. The summed E-state index contributed by atoms with van der Waals surface area (Å²) in [6.07, 6.45) is 2.27. The van der Waals surface area contributed by atoms with E-state index in [9.17, 15) is 9.18 Å². The van der Waals surface area contributed by atoms with Crippen molar-refractivity contribution in [2.45, 2.75) is 33.2 Å². The van der Waals surface area contributed by atoms with E-state index in [1.54, 1.807) is 7.05 Å². The highest BCUT2D eigenvalue weighted by atomic mass is 19.1. The minimum absolute atomic E-state index is 0.0168. The maximum absolute atomic E-state index is 13.9. The van der Waals surface area contributed by atoms with Crippen molar-refractivity contribution in [2.75, 3.05) is 12.4 Å². The number of pyridine rings is 1. The van der Waals surface area contributed by atoms with Crippen LogP contribution in [0.1, 0.15) is 37.6 Å². The zero-order valence-electron chi connectivity index (χ0n) is 11.2. The van der Waals surface area contributed by atoms with E-state index in [4.69, 9.17) is 0 Å². The molecule has 1 rings (SSSR count). The zero-order chi connectivity index (χ0) is 13.7. The number of aromatic nitrogens is 1. The molecule has 0 saturated heterocycles. The Morgan fingerprint density at radius 2 is 2.11 bits per heavy atom. The second kappa shape index (κ2) is 6.33. The van der Waals surface area contributed by atoms with Crippen molar-refractivity contribution < 1.29 is 9.18 Å². The lowest BCUT2D eigenvalue weighted by molar-refractivity contribution is 0.0932. The van der Waals surface area contributed by atoms with E-state index >= 15 is 0 Å². The lowest BCUT2D eigenvalue weighted by Gasteiger charge is -2.16. The summed E-state index contributed by atoms with van der Waals surface area (Å²) < 4.78 is 13.9. The molecule has 1 heterocycles. The molecule has 4 nitrogen and oxygen atoms in total. The third-order valence-electron chi connectivity index (χ3n) is 2.57. The summed E-state index contributed by atoms with van der Waals surface area (Å²) in [5.74, 6) is -0.455. The van der Waals surface area contributed by atoms with Crippen LogP contribution >= 0.6 is 0 Å². The lowest BCUT2D eigenvalue weighted by atomic mass is 10.0. The Labute approximate surface area is 107 Å². The second-order valence-electron chi connectivity index (χ2n) is 4.78. The van der Waals surface area contributed by atoms with Crippen LogP contribution in [-0.4, -0.2) is 24.0 Å². The van der Waals surface area contributed by atoms with Gasteiger partial charge in [-0.3, -0.25) is 4.79 Å². The molecule has 18 heavy (non-hydrogen) atoms. The molecular formula is C13H20FN3O. The van der Waals surface area contributed by atoms with Crippen molar-refractivity contribution in [3.8, 4) is 0 Å². The maximum atomic E-state index is 13.9. The minimum Gasteiger partial charge on any atom is -0.371 e.